The molecule has 0 saturated heterocycles. The summed E-state index contributed by atoms with van der Waals surface area (Å²) < 4.78 is 4.84. The number of thiazole rings is 1. The van der Waals surface area contributed by atoms with Crippen LogP contribution >= 0.6 is 11.3 Å². The second kappa shape index (κ2) is 3.53. The normalized spacial score (nSPS) is 12.5. The Morgan fingerprint density at radius 1 is 1.83 bits per heavy atom. The van der Waals surface area contributed by atoms with Gasteiger partial charge in [0, 0.05) is 11.1 Å². The molecule has 0 saturated carbocycles. The van der Waals surface area contributed by atoms with Crippen molar-refractivity contribution in [3.63, 3.8) is 0 Å². The maximum Gasteiger partial charge on any atom is 0.311 e. The van der Waals surface area contributed by atoms with Crippen molar-refractivity contribution < 1.29 is 14.6 Å². The van der Waals surface area contributed by atoms with Crippen LogP contribution in [0, 0.1) is 0 Å². The maximum absolute atomic E-state index is 10.5. The number of carbonyl (C=O) groups is 1. The lowest BCUT2D eigenvalue weighted by Crippen LogP contribution is -2.05. The van der Waals surface area contributed by atoms with Crippen molar-refractivity contribution in [3.8, 4) is 5.19 Å². The molecule has 0 aromatic carbocycles. The summed E-state index contributed by atoms with van der Waals surface area (Å²) in [6.45, 7) is 1.62. The number of aliphatic carboxylic acids is 1. The Hall–Kier alpha value is -1.10. The zero-order valence-corrected chi connectivity index (χ0v) is 7.59. The summed E-state index contributed by atoms with van der Waals surface area (Å²) in [5.41, 5.74) is 0. The topological polar surface area (TPSA) is 59.4 Å². The maximum atomic E-state index is 10.5. The van der Waals surface area contributed by atoms with Gasteiger partial charge in [-0.1, -0.05) is 11.3 Å². The number of rotatable bonds is 3. The number of hydrogen-bond acceptors (Lipinski definition) is 4. The summed E-state index contributed by atoms with van der Waals surface area (Å²) in [6, 6.07) is 0. The standard InChI is InChI=1S/C7H9NO3S/c1-4(6(9)10)5-3-8-7(11-2)12-5/h3-4H,1-2H3,(H,9,10). The van der Waals surface area contributed by atoms with E-state index in [0.717, 1.165) is 0 Å². The molecule has 1 rings (SSSR count). The average molecular weight is 187 g/mol. The van der Waals surface area contributed by atoms with Crippen LogP contribution in [0.5, 0.6) is 5.19 Å². The second-order valence-corrected chi connectivity index (χ2v) is 3.32. The van der Waals surface area contributed by atoms with Gasteiger partial charge in [-0.2, -0.15) is 0 Å². The minimum atomic E-state index is -0.846. The fourth-order valence-electron chi connectivity index (χ4n) is 0.686. The Labute approximate surface area is 73.8 Å². The molecule has 1 N–H and O–H groups in total. The van der Waals surface area contributed by atoms with E-state index in [1.165, 1.54) is 24.6 Å². The lowest BCUT2D eigenvalue weighted by molar-refractivity contribution is -0.138. The van der Waals surface area contributed by atoms with E-state index in [-0.39, 0.29) is 0 Å². The first-order chi connectivity index (χ1) is 5.65. The van der Waals surface area contributed by atoms with E-state index in [2.05, 4.69) is 4.98 Å². The summed E-state index contributed by atoms with van der Waals surface area (Å²) in [4.78, 5) is 15.1. The molecule has 12 heavy (non-hydrogen) atoms. The molecule has 1 aromatic heterocycles. The minimum absolute atomic E-state index is 0.498. The number of carboxylic acids is 1. The quantitative estimate of drug-likeness (QED) is 0.775. The number of hydrogen-bond donors (Lipinski definition) is 1. The van der Waals surface area contributed by atoms with E-state index in [0.29, 0.717) is 10.1 Å². The SMILES string of the molecule is COc1ncc(C(C)C(=O)O)s1. The highest BCUT2D eigenvalue weighted by molar-refractivity contribution is 7.13. The third-order valence-corrected chi connectivity index (χ3v) is 2.62. The molecule has 5 heteroatoms. The number of nitrogens with zero attached hydrogens (tertiary/aromatic N) is 1. The summed E-state index contributed by atoms with van der Waals surface area (Å²) >= 11 is 1.26. The smallest absolute Gasteiger partial charge is 0.311 e. The van der Waals surface area contributed by atoms with Crippen LogP contribution in [0.25, 0.3) is 0 Å². The van der Waals surface area contributed by atoms with Crippen LogP contribution in [-0.4, -0.2) is 23.2 Å². The second-order valence-electron chi connectivity index (χ2n) is 2.29. The monoisotopic (exact) mass is 187 g/mol. The highest BCUT2D eigenvalue weighted by Gasteiger charge is 2.16. The van der Waals surface area contributed by atoms with Crippen molar-refractivity contribution in [2.45, 2.75) is 12.8 Å². The molecule has 66 valence electrons. The predicted octanol–water partition coefficient (Wildman–Crippen LogP) is 1.34. The van der Waals surface area contributed by atoms with E-state index in [4.69, 9.17) is 9.84 Å². The average Bonchev–Trinajstić information content (AvgIpc) is 2.50. The molecule has 4 nitrogen and oxygen atoms in total. The van der Waals surface area contributed by atoms with Crippen LogP contribution in [0.3, 0.4) is 0 Å². The first-order valence-corrected chi connectivity index (χ1v) is 4.19. The molecule has 1 atom stereocenters. The van der Waals surface area contributed by atoms with Gasteiger partial charge in [0.1, 0.15) is 0 Å². The van der Waals surface area contributed by atoms with E-state index in [1.807, 2.05) is 0 Å². The predicted molar refractivity (Wildman–Crippen MR) is 44.7 cm³/mol. The van der Waals surface area contributed by atoms with Gasteiger partial charge in [0.05, 0.1) is 13.0 Å². The van der Waals surface area contributed by atoms with Gasteiger partial charge in [0.2, 0.25) is 0 Å². The van der Waals surface area contributed by atoms with Gasteiger partial charge in [-0.3, -0.25) is 4.79 Å². The van der Waals surface area contributed by atoms with Crippen LogP contribution in [0.4, 0.5) is 0 Å². The molecule has 1 aromatic rings. The Balaban J connectivity index is 2.81. The molecule has 1 heterocycles. The molecule has 0 aliphatic heterocycles. The molecular weight excluding hydrogens is 178 g/mol. The Morgan fingerprint density at radius 2 is 2.50 bits per heavy atom. The van der Waals surface area contributed by atoms with E-state index >= 15 is 0 Å². The molecule has 0 amide bonds. The minimum Gasteiger partial charge on any atom is -0.481 e. The third-order valence-electron chi connectivity index (χ3n) is 1.47. The van der Waals surface area contributed by atoms with Crippen LogP contribution in [0.15, 0.2) is 6.20 Å². The Morgan fingerprint density at radius 3 is 2.92 bits per heavy atom. The van der Waals surface area contributed by atoms with Gasteiger partial charge in [-0.15, -0.1) is 0 Å². The van der Waals surface area contributed by atoms with Gasteiger partial charge in [0.25, 0.3) is 5.19 Å². The Bertz CT molecular complexity index is 284. The fourth-order valence-corrected chi connectivity index (χ4v) is 1.46. The largest absolute Gasteiger partial charge is 0.481 e. The van der Waals surface area contributed by atoms with Crippen LogP contribution < -0.4 is 4.74 Å². The summed E-state index contributed by atoms with van der Waals surface area (Å²) in [5, 5.41) is 9.15. The first-order valence-electron chi connectivity index (χ1n) is 3.37. The summed E-state index contributed by atoms with van der Waals surface area (Å²) in [6.07, 6.45) is 1.53. The third kappa shape index (κ3) is 1.73. The summed E-state index contributed by atoms with van der Waals surface area (Å²) in [7, 11) is 1.51. The molecular formula is C7H9NO3S. The van der Waals surface area contributed by atoms with Gasteiger partial charge < -0.3 is 9.84 Å². The van der Waals surface area contributed by atoms with E-state index in [9.17, 15) is 4.79 Å². The molecule has 0 radical (unpaired) electrons. The van der Waals surface area contributed by atoms with E-state index < -0.39 is 11.9 Å². The van der Waals surface area contributed by atoms with Crippen molar-refractivity contribution in [2.24, 2.45) is 0 Å². The van der Waals surface area contributed by atoms with Crippen LogP contribution in [0.1, 0.15) is 17.7 Å². The van der Waals surface area contributed by atoms with Crippen molar-refractivity contribution in [1.82, 2.24) is 4.98 Å². The lowest BCUT2D eigenvalue weighted by atomic mass is 10.2. The van der Waals surface area contributed by atoms with Gasteiger partial charge in [0.15, 0.2) is 0 Å². The zero-order valence-electron chi connectivity index (χ0n) is 6.77. The molecule has 1 unspecified atom stereocenters. The van der Waals surface area contributed by atoms with Crippen molar-refractivity contribution >= 4 is 17.3 Å². The highest BCUT2D eigenvalue weighted by atomic mass is 32.1. The lowest BCUT2D eigenvalue weighted by Gasteiger charge is -1.99. The van der Waals surface area contributed by atoms with Crippen LogP contribution in [-0.2, 0) is 4.79 Å². The van der Waals surface area contributed by atoms with Crippen molar-refractivity contribution in [1.29, 1.82) is 0 Å². The Kier molecular flexibility index (Phi) is 2.65. The van der Waals surface area contributed by atoms with Crippen molar-refractivity contribution in [3.05, 3.63) is 11.1 Å². The van der Waals surface area contributed by atoms with Crippen LogP contribution in [0.2, 0.25) is 0 Å². The molecule has 0 aliphatic rings. The first kappa shape index (κ1) is 8.99. The van der Waals surface area contributed by atoms with E-state index in [1.54, 1.807) is 6.92 Å². The van der Waals surface area contributed by atoms with Gasteiger partial charge in [-0.05, 0) is 6.92 Å². The van der Waals surface area contributed by atoms with Gasteiger partial charge >= 0.3 is 5.97 Å². The highest BCUT2D eigenvalue weighted by Crippen LogP contribution is 2.26. The molecule has 0 spiro atoms. The molecule has 0 aliphatic carbocycles. The fraction of sp³-hybridized carbons (Fsp3) is 0.429. The number of ether oxygens (including phenoxy) is 1. The molecule has 0 fully saturated rings. The number of carboxylic acid groups (broad SMARTS) is 1. The number of aromatic nitrogens is 1. The zero-order chi connectivity index (χ0) is 9.14. The number of methoxy groups -OCH3 is 1. The van der Waals surface area contributed by atoms with Crippen molar-refractivity contribution in [2.75, 3.05) is 7.11 Å². The summed E-state index contributed by atoms with van der Waals surface area (Å²) in [5.74, 6) is -1.35. The van der Waals surface area contributed by atoms with Gasteiger partial charge in [-0.25, -0.2) is 4.98 Å². The molecule has 0 bridgehead atoms.